The zero-order chi connectivity index (χ0) is 12.8. The van der Waals surface area contributed by atoms with Crippen molar-refractivity contribution >= 4 is 5.91 Å². The predicted molar refractivity (Wildman–Crippen MR) is 67.7 cm³/mol. The van der Waals surface area contributed by atoms with Crippen molar-refractivity contribution in [1.29, 1.82) is 5.26 Å². The fraction of sp³-hybridized carbons (Fsp3) is 0.500. The molecule has 4 nitrogen and oxygen atoms in total. The van der Waals surface area contributed by atoms with Crippen LogP contribution in [0.5, 0.6) is 0 Å². The predicted octanol–water partition coefficient (Wildman–Crippen LogP) is 2.28. The van der Waals surface area contributed by atoms with Crippen molar-refractivity contribution in [1.82, 2.24) is 10.3 Å². The lowest BCUT2D eigenvalue weighted by molar-refractivity contribution is 0.0922. The number of amides is 1. The second-order valence-electron chi connectivity index (χ2n) is 4.79. The molecule has 0 saturated heterocycles. The minimum absolute atomic E-state index is 0.0267. The fourth-order valence-electron chi connectivity index (χ4n) is 2.41. The van der Waals surface area contributed by atoms with Gasteiger partial charge in [-0.1, -0.05) is 0 Å². The van der Waals surface area contributed by atoms with E-state index in [0.29, 0.717) is 17.9 Å². The molecule has 1 aromatic rings. The molecule has 0 aliphatic heterocycles. The third-order valence-corrected chi connectivity index (χ3v) is 3.50. The molecule has 0 bridgehead atoms. The molecule has 1 amide bonds. The summed E-state index contributed by atoms with van der Waals surface area (Å²) >= 11 is 0. The van der Waals surface area contributed by atoms with E-state index in [9.17, 15) is 4.79 Å². The first-order valence-electron chi connectivity index (χ1n) is 6.37. The molecule has 1 aliphatic rings. The average Bonchev–Trinajstić information content (AvgIpc) is 2.42. The van der Waals surface area contributed by atoms with Crippen LogP contribution in [0.3, 0.4) is 0 Å². The first-order chi connectivity index (χ1) is 8.79. The van der Waals surface area contributed by atoms with E-state index in [1.165, 1.54) is 0 Å². The molecule has 1 aliphatic carbocycles. The Morgan fingerprint density at radius 1 is 1.33 bits per heavy atom. The topological polar surface area (TPSA) is 65.8 Å². The highest BCUT2D eigenvalue weighted by Crippen LogP contribution is 2.26. The van der Waals surface area contributed by atoms with Crippen LogP contribution in [0, 0.1) is 17.2 Å². The van der Waals surface area contributed by atoms with Gasteiger partial charge in [0.2, 0.25) is 0 Å². The van der Waals surface area contributed by atoms with Gasteiger partial charge < -0.3 is 5.32 Å². The Bertz CT molecular complexity index is 430. The van der Waals surface area contributed by atoms with E-state index in [2.05, 4.69) is 16.4 Å². The van der Waals surface area contributed by atoms with Crippen molar-refractivity contribution in [2.75, 3.05) is 0 Å². The van der Waals surface area contributed by atoms with Crippen molar-refractivity contribution in [3.8, 4) is 6.07 Å². The fourth-order valence-corrected chi connectivity index (χ4v) is 2.41. The number of aromatic nitrogens is 1. The van der Waals surface area contributed by atoms with E-state index in [-0.39, 0.29) is 11.9 Å². The number of nitrogens with zero attached hydrogens (tertiary/aromatic N) is 2. The van der Waals surface area contributed by atoms with Crippen LogP contribution < -0.4 is 5.32 Å². The summed E-state index contributed by atoms with van der Waals surface area (Å²) in [6.07, 6.45) is 7.92. The van der Waals surface area contributed by atoms with Crippen molar-refractivity contribution in [3.05, 3.63) is 30.1 Å². The van der Waals surface area contributed by atoms with Gasteiger partial charge in [-0.15, -0.1) is 0 Å². The van der Waals surface area contributed by atoms with E-state index < -0.39 is 0 Å². The molecule has 1 N–H and O–H groups in total. The minimum Gasteiger partial charge on any atom is -0.349 e. The van der Waals surface area contributed by atoms with E-state index in [0.717, 1.165) is 25.7 Å². The quantitative estimate of drug-likeness (QED) is 0.885. The summed E-state index contributed by atoms with van der Waals surface area (Å²) in [6, 6.07) is 5.91. The first kappa shape index (κ1) is 12.6. The molecule has 1 saturated carbocycles. The second kappa shape index (κ2) is 6.15. The minimum atomic E-state index is -0.0267. The number of pyridine rings is 1. The van der Waals surface area contributed by atoms with Crippen LogP contribution in [0.2, 0.25) is 0 Å². The standard InChI is InChI=1S/C14H17N3O/c15-8-5-11-1-3-13(4-2-11)17-14(18)12-6-9-16-10-7-12/h6-7,9-11,13H,1-5H2,(H,17,18). The largest absolute Gasteiger partial charge is 0.349 e. The average molecular weight is 243 g/mol. The normalized spacial score (nSPS) is 23.1. The molecule has 94 valence electrons. The molecule has 18 heavy (non-hydrogen) atoms. The Morgan fingerprint density at radius 2 is 2.00 bits per heavy atom. The van der Waals surface area contributed by atoms with Gasteiger partial charge in [0.1, 0.15) is 0 Å². The third-order valence-electron chi connectivity index (χ3n) is 3.50. The highest BCUT2D eigenvalue weighted by atomic mass is 16.1. The van der Waals surface area contributed by atoms with Gasteiger partial charge in [-0.3, -0.25) is 9.78 Å². The van der Waals surface area contributed by atoms with Gasteiger partial charge >= 0.3 is 0 Å². The molecule has 0 aromatic carbocycles. The highest BCUT2D eigenvalue weighted by molar-refractivity contribution is 5.94. The van der Waals surface area contributed by atoms with Crippen LogP contribution in [0.1, 0.15) is 42.5 Å². The van der Waals surface area contributed by atoms with E-state index in [1.807, 2.05) is 0 Å². The van der Waals surface area contributed by atoms with Gasteiger partial charge in [0.05, 0.1) is 6.07 Å². The maximum atomic E-state index is 11.9. The summed E-state index contributed by atoms with van der Waals surface area (Å²) < 4.78 is 0. The maximum Gasteiger partial charge on any atom is 0.251 e. The zero-order valence-electron chi connectivity index (χ0n) is 10.3. The zero-order valence-corrected chi connectivity index (χ0v) is 10.3. The number of hydrogen-bond donors (Lipinski definition) is 1. The molecular weight excluding hydrogens is 226 g/mol. The molecule has 4 heteroatoms. The van der Waals surface area contributed by atoms with E-state index in [4.69, 9.17) is 5.26 Å². The van der Waals surface area contributed by atoms with Gasteiger partial charge in [-0.25, -0.2) is 0 Å². The molecule has 2 rings (SSSR count). The summed E-state index contributed by atoms with van der Waals surface area (Å²) in [4.78, 5) is 15.8. The molecule has 0 atom stereocenters. The van der Waals surface area contributed by atoms with Crippen molar-refractivity contribution in [3.63, 3.8) is 0 Å². The second-order valence-corrected chi connectivity index (χ2v) is 4.79. The van der Waals surface area contributed by atoms with Crippen molar-refractivity contribution in [2.24, 2.45) is 5.92 Å². The summed E-state index contributed by atoms with van der Waals surface area (Å²) in [6.45, 7) is 0. The Labute approximate surface area is 107 Å². The SMILES string of the molecule is N#CCC1CCC(NC(=O)c2ccncc2)CC1. The number of carbonyl (C=O) groups excluding carboxylic acids is 1. The summed E-state index contributed by atoms with van der Waals surface area (Å²) in [5.74, 6) is 0.491. The highest BCUT2D eigenvalue weighted by Gasteiger charge is 2.22. The monoisotopic (exact) mass is 243 g/mol. The lowest BCUT2D eigenvalue weighted by Gasteiger charge is -2.27. The van der Waals surface area contributed by atoms with Crippen molar-refractivity contribution < 1.29 is 4.79 Å². The Balaban J connectivity index is 1.82. The first-order valence-corrected chi connectivity index (χ1v) is 6.37. The summed E-state index contributed by atoms with van der Waals surface area (Å²) in [5, 5.41) is 11.7. The van der Waals surface area contributed by atoms with Crippen molar-refractivity contribution in [2.45, 2.75) is 38.1 Å². The molecule has 0 radical (unpaired) electrons. The van der Waals surface area contributed by atoms with Crippen LogP contribution in [-0.2, 0) is 0 Å². The Kier molecular flexibility index (Phi) is 4.30. The lowest BCUT2D eigenvalue weighted by atomic mass is 9.84. The molecule has 1 aromatic heterocycles. The maximum absolute atomic E-state index is 11.9. The Morgan fingerprint density at radius 3 is 2.61 bits per heavy atom. The Hall–Kier alpha value is -1.89. The van der Waals surface area contributed by atoms with Gasteiger partial charge in [-0.05, 0) is 43.7 Å². The van der Waals surface area contributed by atoms with Gasteiger partial charge in [0.15, 0.2) is 0 Å². The van der Waals surface area contributed by atoms with Crippen LogP contribution in [-0.4, -0.2) is 16.9 Å². The third kappa shape index (κ3) is 3.30. The van der Waals surface area contributed by atoms with Crippen LogP contribution in [0.4, 0.5) is 0 Å². The smallest absolute Gasteiger partial charge is 0.251 e. The lowest BCUT2D eigenvalue weighted by Crippen LogP contribution is -2.37. The van der Waals surface area contributed by atoms with Gasteiger partial charge in [0.25, 0.3) is 5.91 Å². The summed E-state index contributed by atoms with van der Waals surface area (Å²) in [7, 11) is 0. The molecule has 1 fully saturated rings. The molecular formula is C14H17N3O. The number of nitrogens with one attached hydrogen (secondary N) is 1. The number of carbonyl (C=O) groups is 1. The number of rotatable bonds is 3. The van der Waals surface area contributed by atoms with Crippen LogP contribution >= 0.6 is 0 Å². The molecule has 1 heterocycles. The van der Waals surface area contributed by atoms with Crippen LogP contribution in [0.15, 0.2) is 24.5 Å². The van der Waals surface area contributed by atoms with Crippen LogP contribution in [0.25, 0.3) is 0 Å². The van der Waals surface area contributed by atoms with E-state index in [1.54, 1.807) is 24.5 Å². The van der Waals surface area contributed by atoms with Gasteiger partial charge in [0, 0.05) is 30.4 Å². The van der Waals surface area contributed by atoms with Gasteiger partial charge in [-0.2, -0.15) is 5.26 Å². The van der Waals surface area contributed by atoms with E-state index >= 15 is 0 Å². The summed E-state index contributed by atoms with van der Waals surface area (Å²) in [5.41, 5.74) is 0.657. The molecule has 0 unspecified atom stereocenters. The molecule has 0 spiro atoms. The number of hydrogen-bond acceptors (Lipinski definition) is 3. The number of nitriles is 1.